The highest BCUT2D eigenvalue weighted by Crippen LogP contribution is 2.57. The Hall–Kier alpha value is -0.330. The molecule has 0 bridgehead atoms. The predicted molar refractivity (Wildman–Crippen MR) is 76.5 cm³/mol. The summed E-state index contributed by atoms with van der Waals surface area (Å²) in [6, 6.07) is 0.465. The lowest BCUT2D eigenvalue weighted by molar-refractivity contribution is -0.271. The Kier molecular flexibility index (Phi) is 4.23. The van der Waals surface area contributed by atoms with E-state index < -0.39 is 11.8 Å². The van der Waals surface area contributed by atoms with Crippen LogP contribution in [0, 0.1) is 5.41 Å². The number of ether oxygens (including phenoxy) is 1. The Morgan fingerprint density at radius 1 is 1.18 bits per heavy atom. The third-order valence-corrected chi connectivity index (χ3v) is 6.21. The maximum Gasteiger partial charge on any atom is 0.417 e. The fraction of sp³-hybridized carbons (Fsp3) is 1.00. The molecule has 0 aliphatic heterocycles. The number of halogens is 3. The van der Waals surface area contributed by atoms with Crippen LogP contribution in [0.15, 0.2) is 0 Å². The van der Waals surface area contributed by atoms with Crippen LogP contribution in [0.25, 0.3) is 0 Å². The minimum Gasteiger partial charge on any atom is -0.380 e. The zero-order valence-electron chi connectivity index (χ0n) is 13.1. The quantitative estimate of drug-likeness (QED) is 0.836. The molecule has 0 aromatic carbocycles. The molecule has 3 saturated carbocycles. The maximum atomic E-state index is 12.8. The van der Waals surface area contributed by atoms with Gasteiger partial charge >= 0.3 is 6.18 Å². The first kappa shape index (κ1) is 16.5. The second-order valence-corrected chi connectivity index (χ2v) is 7.29. The van der Waals surface area contributed by atoms with Gasteiger partial charge in [-0.25, -0.2) is 0 Å². The van der Waals surface area contributed by atoms with Crippen LogP contribution in [0.3, 0.4) is 0 Å². The summed E-state index contributed by atoms with van der Waals surface area (Å²) < 4.78 is 44.3. The van der Waals surface area contributed by atoms with Crippen LogP contribution in [-0.2, 0) is 4.74 Å². The summed E-state index contributed by atoms with van der Waals surface area (Å²) in [6.45, 7) is 2.73. The smallest absolute Gasteiger partial charge is 0.380 e. The molecule has 3 aliphatic carbocycles. The molecule has 128 valence electrons. The Morgan fingerprint density at radius 2 is 1.82 bits per heavy atom. The standard InChI is InChI=1S/C16H26F3NO2/c1-2-22-13-10-12(14(13)6-3-7-14)20-11-4-8-15(21,9-5-11)16(17,18)19/h11-13,20-21H,2-10H2,1H3. The number of rotatable bonds is 4. The van der Waals surface area contributed by atoms with Crippen molar-refractivity contribution >= 4 is 0 Å². The summed E-state index contributed by atoms with van der Waals surface area (Å²) >= 11 is 0. The van der Waals surface area contributed by atoms with Crippen molar-refractivity contribution in [1.29, 1.82) is 0 Å². The number of hydrogen-bond donors (Lipinski definition) is 2. The SMILES string of the molecule is CCOC1CC(NC2CCC(O)(C(F)(F)F)CC2)C12CCC2. The van der Waals surface area contributed by atoms with Gasteiger partial charge in [0.15, 0.2) is 5.60 Å². The molecule has 0 saturated heterocycles. The lowest BCUT2D eigenvalue weighted by Gasteiger charge is -2.62. The third-order valence-electron chi connectivity index (χ3n) is 6.21. The third kappa shape index (κ3) is 2.57. The minimum absolute atomic E-state index is 0.0904. The van der Waals surface area contributed by atoms with E-state index in [1.807, 2.05) is 6.92 Å². The van der Waals surface area contributed by atoms with Crippen molar-refractivity contribution in [2.75, 3.05) is 6.61 Å². The molecule has 0 amide bonds. The van der Waals surface area contributed by atoms with Gasteiger partial charge in [-0.3, -0.25) is 0 Å². The number of nitrogens with one attached hydrogen (secondary N) is 1. The number of alkyl halides is 3. The van der Waals surface area contributed by atoms with Gasteiger partial charge in [0.25, 0.3) is 0 Å². The number of hydrogen-bond acceptors (Lipinski definition) is 3. The average Bonchev–Trinajstić information content (AvgIpc) is 2.36. The van der Waals surface area contributed by atoms with Crippen molar-refractivity contribution in [2.24, 2.45) is 5.41 Å². The first-order valence-electron chi connectivity index (χ1n) is 8.47. The summed E-state index contributed by atoms with van der Waals surface area (Å²) in [5.41, 5.74) is -2.25. The molecule has 0 heterocycles. The predicted octanol–water partition coefficient (Wildman–Crippen LogP) is 3.16. The molecule has 1 spiro atoms. The van der Waals surface area contributed by atoms with Gasteiger partial charge < -0.3 is 15.2 Å². The van der Waals surface area contributed by atoms with Gasteiger partial charge in [0.05, 0.1) is 6.10 Å². The van der Waals surface area contributed by atoms with Gasteiger partial charge in [-0.2, -0.15) is 13.2 Å². The first-order chi connectivity index (χ1) is 10.3. The molecule has 3 aliphatic rings. The number of aliphatic hydroxyl groups is 1. The van der Waals surface area contributed by atoms with Crippen LogP contribution in [-0.4, -0.2) is 41.7 Å². The Bertz CT molecular complexity index is 401. The summed E-state index contributed by atoms with van der Waals surface area (Å²) in [7, 11) is 0. The normalized spacial score (nSPS) is 41.0. The minimum atomic E-state index is -4.51. The monoisotopic (exact) mass is 321 g/mol. The van der Waals surface area contributed by atoms with Gasteiger partial charge in [0.2, 0.25) is 0 Å². The largest absolute Gasteiger partial charge is 0.417 e. The summed E-state index contributed by atoms with van der Waals surface area (Å²) in [6.07, 6.45) is 0.718. The molecule has 3 fully saturated rings. The van der Waals surface area contributed by atoms with Crippen molar-refractivity contribution in [3.05, 3.63) is 0 Å². The first-order valence-corrected chi connectivity index (χ1v) is 8.47. The molecule has 0 aromatic rings. The van der Waals surface area contributed by atoms with Crippen LogP contribution in [0.2, 0.25) is 0 Å². The molecule has 2 unspecified atom stereocenters. The average molecular weight is 321 g/mol. The molecule has 0 aromatic heterocycles. The lowest BCUT2D eigenvalue weighted by Crippen LogP contribution is -2.68. The van der Waals surface area contributed by atoms with Crippen LogP contribution >= 0.6 is 0 Å². The molecule has 3 rings (SSSR count). The molecular weight excluding hydrogens is 295 g/mol. The molecular formula is C16H26F3NO2. The van der Waals surface area contributed by atoms with E-state index in [2.05, 4.69) is 5.32 Å². The van der Waals surface area contributed by atoms with Crippen molar-refractivity contribution in [3.8, 4) is 0 Å². The van der Waals surface area contributed by atoms with Gasteiger partial charge in [0, 0.05) is 24.1 Å². The highest BCUT2D eigenvalue weighted by atomic mass is 19.4. The molecule has 2 atom stereocenters. The van der Waals surface area contributed by atoms with Crippen molar-refractivity contribution in [1.82, 2.24) is 5.32 Å². The second kappa shape index (κ2) is 5.64. The Balaban J connectivity index is 1.52. The zero-order valence-corrected chi connectivity index (χ0v) is 13.1. The topological polar surface area (TPSA) is 41.5 Å². The van der Waals surface area contributed by atoms with Gasteiger partial charge in [-0.05, 0) is 51.9 Å². The van der Waals surface area contributed by atoms with E-state index >= 15 is 0 Å². The van der Waals surface area contributed by atoms with Crippen molar-refractivity contribution < 1.29 is 23.0 Å². The van der Waals surface area contributed by atoms with E-state index in [4.69, 9.17) is 4.74 Å². The summed E-state index contributed by atoms with van der Waals surface area (Å²) in [5, 5.41) is 13.3. The van der Waals surface area contributed by atoms with E-state index in [-0.39, 0.29) is 24.3 Å². The van der Waals surface area contributed by atoms with E-state index in [1.54, 1.807) is 0 Å². The van der Waals surface area contributed by atoms with Gasteiger partial charge in [-0.1, -0.05) is 6.42 Å². The zero-order chi connectivity index (χ0) is 16.0. The van der Waals surface area contributed by atoms with Gasteiger partial charge in [0.1, 0.15) is 0 Å². The van der Waals surface area contributed by atoms with Crippen molar-refractivity contribution in [3.63, 3.8) is 0 Å². The fourth-order valence-electron chi connectivity index (χ4n) is 4.50. The van der Waals surface area contributed by atoms with E-state index in [1.165, 1.54) is 6.42 Å². The molecule has 6 heteroatoms. The summed E-state index contributed by atoms with van der Waals surface area (Å²) in [5.74, 6) is 0. The van der Waals surface area contributed by atoms with Crippen LogP contribution < -0.4 is 5.32 Å². The van der Waals surface area contributed by atoms with E-state index in [0.29, 0.717) is 25.0 Å². The Labute approximate surface area is 129 Å². The molecule has 0 radical (unpaired) electrons. The van der Waals surface area contributed by atoms with Crippen molar-refractivity contribution in [2.45, 2.75) is 88.3 Å². The van der Waals surface area contributed by atoms with Crippen LogP contribution in [0.4, 0.5) is 13.2 Å². The lowest BCUT2D eigenvalue weighted by atomic mass is 9.50. The molecule has 22 heavy (non-hydrogen) atoms. The summed E-state index contributed by atoms with van der Waals surface area (Å²) in [4.78, 5) is 0. The van der Waals surface area contributed by atoms with Gasteiger partial charge in [-0.15, -0.1) is 0 Å². The Morgan fingerprint density at radius 3 is 2.27 bits per heavy atom. The van der Waals surface area contributed by atoms with E-state index in [9.17, 15) is 18.3 Å². The van der Waals surface area contributed by atoms with Crippen LogP contribution in [0.5, 0.6) is 0 Å². The maximum absolute atomic E-state index is 12.8. The van der Waals surface area contributed by atoms with Crippen LogP contribution in [0.1, 0.15) is 58.3 Å². The van der Waals surface area contributed by atoms with E-state index in [0.717, 1.165) is 25.9 Å². The second-order valence-electron chi connectivity index (χ2n) is 7.29. The fourth-order valence-corrected chi connectivity index (χ4v) is 4.50. The molecule has 2 N–H and O–H groups in total. The highest BCUT2D eigenvalue weighted by molar-refractivity contribution is 5.13. The molecule has 3 nitrogen and oxygen atoms in total. The highest BCUT2D eigenvalue weighted by Gasteiger charge is 2.60.